The summed E-state index contributed by atoms with van der Waals surface area (Å²) >= 11 is 0. The molecule has 126 valence electrons. The molecule has 9 nitrogen and oxygen atoms in total. The summed E-state index contributed by atoms with van der Waals surface area (Å²) in [5.41, 5.74) is 2.31. The van der Waals surface area contributed by atoms with Crippen LogP contribution in [0.3, 0.4) is 0 Å². The van der Waals surface area contributed by atoms with Crippen LogP contribution in [0.15, 0.2) is 35.8 Å². The molecule has 1 aromatic carbocycles. The van der Waals surface area contributed by atoms with E-state index in [0.29, 0.717) is 27.8 Å². The van der Waals surface area contributed by atoms with Crippen molar-refractivity contribution in [2.45, 2.75) is 6.54 Å². The number of nitroso groups, excluding NO2 is 1. The molecule has 4 N–H and O–H groups in total. The van der Waals surface area contributed by atoms with Crippen LogP contribution >= 0.6 is 0 Å². The topological polar surface area (TPSA) is 124 Å². The number of carbonyl (C=O) groups excluding carboxylic acids is 1. The molecule has 1 aromatic heterocycles. The van der Waals surface area contributed by atoms with Crippen molar-refractivity contribution >= 4 is 28.1 Å². The van der Waals surface area contributed by atoms with E-state index < -0.39 is 0 Å². The van der Waals surface area contributed by atoms with Gasteiger partial charge in [0.25, 0.3) is 5.88 Å². The summed E-state index contributed by atoms with van der Waals surface area (Å²) in [6, 6.07) is 5.10. The number of amides is 2. The van der Waals surface area contributed by atoms with E-state index in [9.17, 15) is 14.8 Å². The largest absolute Gasteiger partial charge is 0.491 e. The number of aromatic amines is 1. The number of H-pyrrole nitrogens is 1. The number of hydrogen-bond acceptors (Lipinski definition) is 5. The Bertz CT molecular complexity index is 1100. The molecule has 0 saturated carbocycles. The SMILES string of the molecule is CNC(=O)NCc1cccc2c3nc(O)c4[nH]ccn4c-3c(N=O)c12. The first-order valence-electron chi connectivity index (χ1n) is 7.56. The average Bonchev–Trinajstić information content (AvgIpc) is 3.23. The van der Waals surface area contributed by atoms with Gasteiger partial charge in [-0.15, -0.1) is 4.91 Å². The quantitative estimate of drug-likeness (QED) is 0.428. The van der Waals surface area contributed by atoms with Gasteiger partial charge in [0.05, 0.1) is 0 Å². The molecule has 9 heteroatoms. The number of fused-ring (bicyclic) bond motifs is 5. The molecule has 2 aromatic rings. The number of imidazole rings is 1. The molecule has 2 amide bonds. The number of hydrogen-bond donors (Lipinski definition) is 4. The number of benzene rings is 1. The number of urea groups is 1. The third-order valence-corrected chi connectivity index (χ3v) is 4.20. The molecular formula is C16H14N6O3. The molecule has 0 bridgehead atoms. The van der Waals surface area contributed by atoms with E-state index >= 15 is 0 Å². The van der Waals surface area contributed by atoms with Crippen LogP contribution in [-0.4, -0.2) is 32.6 Å². The van der Waals surface area contributed by atoms with Gasteiger partial charge in [0.1, 0.15) is 17.1 Å². The fourth-order valence-electron chi connectivity index (χ4n) is 3.13. The molecule has 0 unspecified atom stereocenters. The van der Waals surface area contributed by atoms with Crippen molar-refractivity contribution in [1.29, 1.82) is 0 Å². The minimum atomic E-state index is -0.327. The molecule has 0 saturated heterocycles. The van der Waals surface area contributed by atoms with Gasteiger partial charge in [-0.3, -0.25) is 4.40 Å². The van der Waals surface area contributed by atoms with Crippen LogP contribution in [0.4, 0.5) is 10.5 Å². The van der Waals surface area contributed by atoms with Gasteiger partial charge in [-0.1, -0.05) is 18.2 Å². The maximum absolute atomic E-state index is 11.6. The zero-order valence-electron chi connectivity index (χ0n) is 13.2. The summed E-state index contributed by atoms with van der Waals surface area (Å²) in [6.07, 6.45) is 3.32. The highest BCUT2D eigenvalue weighted by molar-refractivity contribution is 6.12. The second kappa shape index (κ2) is 5.48. The molecule has 2 heterocycles. The number of aromatic nitrogens is 3. The van der Waals surface area contributed by atoms with Crippen molar-refractivity contribution in [3.63, 3.8) is 0 Å². The van der Waals surface area contributed by atoms with E-state index in [0.717, 1.165) is 5.56 Å². The van der Waals surface area contributed by atoms with Crippen LogP contribution in [0, 0.1) is 4.91 Å². The van der Waals surface area contributed by atoms with Gasteiger partial charge in [0, 0.05) is 36.8 Å². The Morgan fingerprint density at radius 3 is 3.04 bits per heavy atom. The summed E-state index contributed by atoms with van der Waals surface area (Å²) < 4.78 is 1.64. The van der Waals surface area contributed by atoms with Crippen LogP contribution in [0.1, 0.15) is 5.56 Å². The van der Waals surface area contributed by atoms with E-state index in [1.54, 1.807) is 22.9 Å². The second-order valence-corrected chi connectivity index (χ2v) is 5.52. The number of nitrogens with zero attached hydrogens (tertiary/aromatic N) is 3. The van der Waals surface area contributed by atoms with E-state index in [-0.39, 0.29) is 24.1 Å². The van der Waals surface area contributed by atoms with Gasteiger partial charge in [-0.25, -0.2) is 9.78 Å². The minimum absolute atomic E-state index is 0.171. The molecule has 0 spiro atoms. The number of nitrogens with one attached hydrogen (secondary N) is 3. The van der Waals surface area contributed by atoms with Gasteiger partial charge < -0.3 is 20.7 Å². The lowest BCUT2D eigenvalue weighted by Gasteiger charge is -2.06. The molecule has 1 aliphatic heterocycles. The monoisotopic (exact) mass is 338 g/mol. The lowest BCUT2D eigenvalue weighted by Crippen LogP contribution is -2.32. The van der Waals surface area contributed by atoms with Gasteiger partial charge >= 0.3 is 6.03 Å². The van der Waals surface area contributed by atoms with E-state index in [1.807, 2.05) is 12.1 Å². The summed E-state index contributed by atoms with van der Waals surface area (Å²) in [4.78, 5) is 30.2. The standard InChI is InChI=1S/C16H14N6O3/c1-17-16(24)19-7-8-3-2-4-9-10(8)12(21-25)13-11(9)20-15(23)14-18-5-6-22(13)14/h2-6,18,23H,7H2,1H3,(H2,17,19,24). The third-order valence-electron chi connectivity index (χ3n) is 4.20. The van der Waals surface area contributed by atoms with Gasteiger partial charge in [0.15, 0.2) is 5.65 Å². The molecule has 0 atom stereocenters. The van der Waals surface area contributed by atoms with Gasteiger partial charge in [-0.2, -0.15) is 0 Å². The Balaban J connectivity index is 2.05. The van der Waals surface area contributed by atoms with Crippen LogP contribution in [0.25, 0.3) is 27.8 Å². The van der Waals surface area contributed by atoms with Crippen molar-refractivity contribution < 1.29 is 9.90 Å². The van der Waals surface area contributed by atoms with Gasteiger partial charge in [0.2, 0.25) is 0 Å². The van der Waals surface area contributed by atoms with Crippen molar-refractivity contribution in [3.05, 3.63) is 41.1 Å². The lowest BCUT2D eigenvalue weighted by atomic mass is 10.1. The number of rotatable bonds is 3. The molecule has 0 fully saturated rings. The second-order valence-electron chi connectivity index (χ2n) is 5.52. The van der Waals surface area contributed by atoms with E-state index in [4.69, 9.17) is 0 Å². The third kappa shape index (κ3) is 2.09. The summed E-state index contributed by atoms with van der Waals surface area (Å²) in [7, 11) is 1.52. The molecule has 4 rings (SSSR count). The molecular weight excluding hydrogens is 324 g/mol. The maximum Gasteiger partial charge on any atom is 0.314 e. The zero-order valence-corrected chi connectivity index (χ0v) is 13.2. The molecule has 0 radical (unpaired) electrons. The highest BCUT2D eigenvalue weighted by atomic mass is 16.3. The number of carbonyl (C=O) groups is 1. The summed E-state index contributed by atoms with van der Waals surface area (Å²) in [5, 5.41) is 19.8. The first kappa shape index (κ1) is 14.9. The van der Waals surface area contributed by atoms with Crippen molar-refractivity contribution in [2.24, 2.45) is 5.18 Å². The highest BCUT2D eigenvalue weighted by Gasteiger charge is 2.26. The van der Waals surface area contributed by atoms with Crippen molar-refractivity contribution in [3.8, 4) is 17.3 Å². The Morgan fingerprint density at radius 1 is 1.44 bits per heavy atom. The van der Waals surface area contributed by atoms with Crippen LogP contribution < -0.4 is 10.6 Å². The maximum atomic E-state index is 11.6. The van der Waals surface area contributed by atoms with Crippen LogP contribution in [-0.2, 0) is 6.54 Å². The highest BCUT2D eigenvalue weighted by Crippen LogP contribution is 2.46. The predicted octanol–water partition coefficient (Wildman–Crippen LogP) is 2.45. The Kier molecular flexibility index (Phi) is 3.27. The summed E-state index contributed by atoms with van der Waals surface area (Å²) in [5.74, 6) is -0.171. The first-order chi connectivity index (χ1) is 12.2. The summed E-state index contributed by atoms with van der Waals surface area (Å²) in [6.45, 7) is 0.225. The zero-order chi connectivity index (χ0) is 17.6. The Morgan fingerprint density at radius 2 is 2.28 bits per heavy atom. The Labute approximate surface area is 141 Å². The predicted molar refractivity (Wildman–Crippen MR) is 92.1 cm³/mol. The molecule has 1 aliphatic carbocycles. The van der Waals surface area contributed by atoms with Crippen LogP contribution in [0.2, 0.25) is 0 Å². The fourth-order valence-corrected chi connectivity index (χ4v) is 3.13. The Hall–Kier alpha value is -3.62. The van der Waals surface area contributed by atoms with Crippen molar-refractivity contribution in [2.75, 3.05) is 7.05 Å². The normalized spacial score (nSPS) is 11.2. The molecule has 2 aliphatic rings. The van der Waals surface area contributed by atoms with E-state index in [2.05, 4.69) is 25.8 Å². The van der Waals surface area contributed by atoms with Gasteiger partial charge in [-0.05, 0) is 10.7 Å². The smallest absolute Gasteiger partial charge is 0.314 e. The molecule has 25 heavy (non-hydrogen) atoms. The van der Waals surface area contributed by atoms with Crippen LogP contribution in [0.5, 0.6) is 5.88 Å². The minimum Gasteiger partial charge on any atom is -0.491 e. The fraction of sp³-hybridized carbons (Fsp3) is 0.125. The van der Waals surface area contributed by atoms with Crippen molar-refractivity contribution in [1.82, 2.24) is 25.0 Å². The lowest BCUT2D eigenvalue weighted by molar-refractivity contribution is 0.242. The number of aromatic hydroxyl groups is 1. The van der Waals surface area contributed by atoms with E-state index in [1.165, 1.54) is 7.05 Å². The first-order valence-corrected chi connectivity index (χ1v) is 7.56. The average molecular weight is 338 g/mol.